The average Bonchev–Trinajstić information content (AvgIpc) is 2.84. The average molecular weight is 442 g/mol. The summed E-state index contributed by atoms with van der Waals surface area (Å²) in [6.07, 6.45) is 2.56. The van der Waals surface area contributed by atoms with Crippen molar-refractivity contribution in [2.24, 2.45) is 0 Å². The van der Waals surface area contributed by atoms with Crippen LogP contribution in [0.1, 0.15) is 29.3 Å². The van der Waals surface area contributed by atoms with E-state index in [0.717, 1.165) is 28.6 Å². The minimum Gasteiger partial charge on any atom is -0.496 e. The summed E-state index contributed by atoms with van der Waals surface area (Å²) in [5.41, 5.74) is 2.45. The van der Waals surface area contributed by atoms with Gasteiger partial charge in [0.1, 0.15) is 23.1 Å². The second-order valence-electron chi connectivity index (χ2n) is 7.70. The molecular weight excluding hydrogens is 414 g/mol. The predicted molar refractivity (Wildman–Crippen MR) is 132 cm³/mol. The van der Waals surface area contributed by atoms with Crippen molar-refractivity contribution < 1.29 is 14.3 Å². The quantitative estimate of drug-likeness (QED) is 0.339. The minimum absolute atomic E-state index is 0.154. The van der Waals surface area contributed by atoms with E-state index in [1.807, 2.05) is 43.3 Å². The highest BCUT2D eigenvalue weighted by Gasteiger charge is 2.13. The Hall–Kier alpha value is -4.06. The van der Waals surface area contributed by atoms with Crippen molar-refractivity contribution in [2.45, 2.75) is 20.3 Å². The zero-order valence-corrected chi connectivity index (χ0v) is 19.0. The Morgan fingerprint density at radius 1 is 0.970 bits per heavy atom. The Kier molecular flexibility index (Phi) is 6.74. The summed E-state index contributed by atoms with van der Waals surface area (Å²) in [6.45, 7) is 4.72. The van der Waals surface area contributed by atoms with Gasteiger partial charge in [-0.1, -0.05) is 37.3 Å². The van der Waals surface area contributed by atoms with Gasteiger partial charge in [-0.2, -0.15) is 0 Å². The zero-order valence-electron chi connectivity index (χ0n) is 19.0. The van der Waals surface area contributed by atoms with Crippen LogP contribution in [-0.2, 0) is 0 Å². The third-order valence-corrected chi connectivity index (χ3v) is 5.32. The lowest BCUT2D eigenvalue weighted by molar-refractivity contribution is 0.0950. The second kappa shape index (κ2) is 10.0. The van der Waals surface area contributed by atoms with E-state index in [2.05, 4.69) is 40.7 Å². The third-order valence-electron chi connectivity index (χ3n) is 5.32. The lowest BCUT2D eigenvalue weighted by atomic mass is 10.0. The molecule has 6 nitrogen and oxygen atoms in total. The van der Waals surface area contributed by atoms with Gasteiger partial charge in [0, 0.05) is 35.9 Å². The number of nitrogens with zero attached hydrogens (tertiary/aromatic N) is 1. The van der Waals surface area contributed by atoms with Gasteiger partial charge in [0.2, 0.25) is 0 Å². The molecule has 0 aliphatic carbocycles. The zero-order chi connectivity index (χ0) is 23.2. The summed E-state index contributed by atoms with van der Waals surface area (Å²) in [6, 6.07) is 21.2. The number of ether oxygens (including phenoxy) is 2. The molecule has 33 heavy (non-hydrogen) atoms. The third kappa shape index (κ3) is 5.06. The van der Waals surface area contributed by atoms with Gasteiger partial charge in [0.05, 0.1) is 12.7 Å². The van der Waals surface area contributed by atoms with Gasteiger partial charge in [0.25, 0.3) is 5.91 Å². The Labute approximate surface area is 193 Å². The molecule has 0 radical (unpaired) electrons. The maximum absolute atomic E-state index is 12.3. The lowest BCUT2D eigenvalue weighted by Crippen LogP contribution is -2.24. The van der Waals surface area contributed by atoms with Crippen LogP contribution in [0.15, 0.2) is 72.9 Å². The number of hydrogen-bond acceptors (Lipinski definition) is 5. The Morgan fingerprint density at radius 2 is 1.79 bits per heavy atom. The maximum atomic E-state index is 12.3. The minimum atomic E-state index is -0.154. The molecule has 1 amide bonds. The fraction of sp³-hybridized carbons (Fsp3) is 0.185. The number of anilines is 2. The predicted octanol–water partition coefficient (Wildman–Crippen LogP) is 6.23. The summed E-state index contributed by atoms with van der Waals surface area (Å²) >= 11 is 0. The maximum Gasteiger partial charge on any atom is 0.255 e. The number of aromatic nitrogens is 1. The summed E-state index contributed by atoms with van der Waals surface area (Å²) < 4.78 is 11.6. The number of hydrogen-bond donors (Lipinski definition) is 2. The first-order valence-electron chi connectivity index (χ1n) is 10.9. The van der Waals surface area contributed by atoms with E-state index >= 15 is 0 Å². The van der Waals surface area contributed by atoms with Gasteiger partial charge in [-0.15, -0.1) is 0 Å². The molecule has 6 heteroatoms. The van der Waals surface area contributed by atoms with Crippen LogP contribution in [-0.4, -0.2) is 24.5 Å². The van der Waals surface area contributed by atoms with Gasteiger partial charge >= 0.3 is 0 Å². The standard InChI is InChI=1S/C27H27N3O3/c1-4-14-29-27(31)23-11-10-19(16-25(23)32-3)30-26-17-20(13-15-28-26)33-24-12-9-18(2)21-7-5-6-8-22(21)24/h5-13,15-17H,4,14H2,1-3H3,(H,28,30)(H,29,31). The van der Waals surface area contributed by atoms with Gasteiger partial charge < -0.3 is 20.1 Å². The number of rotatable bonds is 8. The summed E-state index contributed by atoms with van der Waals surface area (Å²) in [7, 11) is 1.55. The van der Waals surface area contributed by atoms with Crippen molar-refractivity contribution in [3.63, 3.8) is 0 Å². The Bertz CT molecular complexity index is 1290. The van der Waals surface area contributed by atoms with Crippen molar-refractivity contribution in [1.82, 2.24) is 10.3 Å². The normalized spacial score (nSPS) is 10.6. The smallest absolute Gasteiger partial charge is 0.255 e. The molecule has 3 aromatic carbocycles. The van der Waals surface area contributed by atoms with Crippen LogP contribution >= 0.6 is 0 Å². The van der Waals surface area contributed by atoms with Crippen LogP contribution in [0.5, 0.6) is 17.2 Å². The molecule has 0 bridgehead atoms. The fourth-order valence-corrected chi connectivity index (χ4v) is 3.62. The highest BCUT2D eigenvalue weighted by molar-refractivity contribution is 5.97. The molecule has 0 fully saturated rings. The highest BCUT2D eigenvalue weighted by Crippen LogP contribution is 2.33. The van der Waals surface area contributed by atoms with E-state index in [-0.39, 0.29) is 5.91 Å². The second-order valence-corrected chi connectivity index (χ2v) is 7.70. The molecule has 0 atom stereocenters. The number of methoxy groups -OCH3 is 1. The fourth-order valence-electron chi connectivity index (χ4n) is 3.62. The van der Waals surface area contributed by atoms with Crippen molar-refractivity contribution in [1.29, 1.82) is 0 Å². The van der Waals surface area contributed by atoms with Crippen molar-refractivity contribution >= 4 is 28.2 Å². The van der Waals surface area contributed by atoms with E-state index in [1.165, 1.54) is 5.56 Å². The monoisotopic (exact) mass is 441 g/mol. The van der Waals surface area contributed by atoms with Gasteiger partial charge in [-0.3, -0.25) is 4.79 Å². The summed E-state index contributed by atoms with van der Waals surface area (Å²) in [5.74, 6) is 2.42. The number of aryl methyl sites for hydroxylation is 1. The van der Waals surface area contributed by atoms with Gasteiger partial charge in [-0.25, -0.2) is 4.98 Å². The van der Waals surface area contributed by atoms with Crippen LogP contribution in [0.3, 0.4) is 0 Å². The molecule has 0 aliphatic rings. The summed E-state index contributed by atoms with van der Waals surface area (Å²) in [5, 5.41) is 8.35. The van der Waals surface area contributed by atoms with E-state index in [4.69, 9.17) is 9.47 Å². The first kappa shape index (κ1) is 22.1. The molecule has 168 valence electrons. The SMILES string of the molecule is CCCNC(=O)c1ccc(Nc2cc(Oc3ccc(C)c4ccccc34)ccn2)cc1OC. The molecular formula is C27H27N3O3. The number of amides is 1. The molecule has 1 aromatic heterocycles. The molecule has 0 saturated heterocycles. The molecule has 2 N–H and O–H groups in total. The molecule has 0 saturated carbocycles. The highest BCUT2D eigenvalue weighted by atomic mass is 16.5. The summed E-state index contributed by atoms with van der Waals surface area (Å²) in [4.78, 5) is 16.7. The number of pyridine rings is 1. The van der Waals surface area contributed by atoms with E-state index in [9.17, 15) is 4.79 Å². The molecule has 0 unspecified atom stereocenters. The number of benzene rings is 3. The largest absolute Gasteiger partial charge is 0.496 e. The molecule has 0 spiro atoms. The van der Waals surface area contributed by atoms with Crippen LogP contribution in [0.25, 0.3) is 10.8 Å². The number of carbonyl (C=O) groups excluding carboxylic acids is 1. The van der Waals surface area contributed by atoms with Crippen LogP contribution in [0.2, 0.25) is 0 Å². The Morgan fingerprint density at radius 3 is 2.58 bits per heavy atom. The van der Waals surface area contributed by atoms with Gasteiger partial charge in [0.15, 0.2) is 0 Å². The molecule has 0 aliphatic heterocycles. The first-order chi connectivity index (χ1) is 16.1. The van der Waals surface area contributed by atoms with Crippen molar-refractivity contribution in [3.8, 4) is 17.2 Å². The van der Waals surface area contributed by atoms with E-state index < -0.39 is 0 Å². The molecule has 4 rings (SSSR count). The van der Waals surface area contributed by atoms with Crippen molar-refractivity contribution in [3.05, 3.63) is 84.1 Å². The number of carbonyl (C=O) groups is 1. The number of nitrogens with one attached hydrogen (secondary N) is 2. The van der Waals surface area contributed by atoms with Crippen LogP contribution < -0.4 is 20.1 Å². The van der Waals surface area contributed by atoms with Crippen LogP contribution in [0.4, 0.5) is 11.5 Å². The molecule has 4 aromatic rings. The Balaban J connectivity index is 1.54. The topological polar surface area (TPSA) is 72.5 Å². The van der Waals surface area contributed by atoms with Crippen LogP contribution in [0, 0.1) is 6.92 Å². The lowest BCUT2D eigenvalue weighted by Gasteiger charge is -2.13. The van der Waals surface area contributed by atoms with E-state index in [1.54, 1.807) is 25.4 Å². The van der Waals surface area contributed by atoms with Crippen molar-refractivity contribution in [2.75, 3.05) is 19.0 Å². The van der Waals surface area contributed by atoms with E-state index in [0.29, 0.717) is 29.4 Å². The molecule has 1 heterocycles. The number of fused-ring (bicyclic) bond motifs is 1. The van der Waals surface area contributed by atoms with Gasteiger partial charge in [-0.05, 0) is 48.6 Å². The first-order valence-corrected chi connectivity index (χ1v) is 10.9.